The summed E-state index contributed by atoms with van der Waals surface area (Å²) in [4.78, 5) is 0. The molecule has 0 amide bonds. The molecule has 0 saturated heterocycles. The van der Waals surface area contributed by atoms with Crippen molar-refractivity contribution in [2.75, 3.05) is 0 Å². The number of hydrogen-bond acceptors (Lipinski definition) is 0. The Labute approximate surface area is 95.7 Å². The molecule has 1 rings (SSSR count). The Morgan fingerprint density at radius 2 is 1.38 bits per heavy atom. The molecule has 0 unspecified atom stereocenters. The van der Waals surface area contributed by atoms with Crippen LogP contribution in [0.3, 0.4) is 0 Å². The number of rotatable bonds is 0. The Bertz CT molecular complexity index is 83.0. The van der Waals surface area contributed by atoms with Crippen LogP contribution in [0, 0.1) is 6.07 Å². The fourth-order valence-electron chi connectivity index (χ4n) is 0.342. The van der Waals surface area contributed by atoms with Gasteiger partial charge in [0.05, 0.1) is 0 Å². The van der Waals surface area contributed by atoms with E-state index in [2.05, 4.69) is 6.07 Å². The molecule has 0 atom stereocenters. The van der Waals surface area contributed by atoms with Gasteiger partial charge in [-0.3, -0.25) is 0 Å². The molecule has 0 bridgehead atoms. The second-order valence-corrected chi connectivity index (χ2v) is 1.08. The van der Waals surface area contributed by atoms with Crippen LogP contribution >= 0.6 is 0 Å². The van der Waals surface area contributed by atoms with Crippen molar-refractivity contribution in [3.8, 4) is 0 Å². The van der Waals surface area contributed by atoms with Gasteiger partial charge in [0.1, 0.15) is 0 Å². The van der Waals surface area contributed by atoms with Crippen LogP contribution in [0.5, 0.6) is 0 Å². The molecular weight excluding hydrogens is 118 g/mol. The first-order valence-electron chi connectivity index (χ1n) is 1.91. The predicted molar refractivity (Wildman–Crippen MR) is 26.4 cm³/mol. The Morgan fingerprint density at radius 1 is 0.875 bits per heavy atom. The van der Waals surface area contributed by atoms with E-state index in [0.717, 1.165) is 0 Å². The Morgan fingerprint density at radius 3 is 1.50 bits per heavy atom. The maximum atomic E-state index is 2.89. The average molecular weight is 124 g/mol. The van der Waals surface area contributed by atoms with E-state index in [0.29, 0.717) is 0 Å². The standard InChI is InChI=1S/C6H5.2Na.H/c1-2-4-6-5-3-1;;;/h1-5H;;;/q-1;2*+1;-1. The van der Waals surface area contributed by atoms with E-state index >= 15 is 0 Å². The van der Waals surface area contributed by atoms with Crippen LogP contribution in [0.2, 0.25) is 0 Å². The molecule has 0 spiro atoms. The summed E-state index contributed by atoms with van der Waals surface area (Å²) >= 11 is 0. The fourth-order valence-corrected chi connectivity index (χ4v) is 0.342. The van der Waals surface area contributed by atoms with E-state index < -0.39 is 0 Å². The maximum absolute atomic E-state index is 2.89. The molecule has 2 heteroatoms. The summed E-state index contributed by atoms with van der Waals surface area (Å²) in [5.41, 5.74) is 0. The number of benzene rings is 1. The van der Waals surface area contributed by atoms with E-state index in [-0.39, 0.29) is 60.5 Å². The minimum Gasteiger partial charge on any atom is -1.00 e. The third-order valence-corrected chi connectivity index (χ3v) is 0.607. The molecule has 0 radical (unpaired) electrons. The third-order valence-electron chi connectivity index (χ3n) is 0.607. The van der Waals surface area contributed by atoms with Gasteiger partial charge in [-0.15, -0.1) is 0 Å². The van der Waals surface area contributed by atoms with Gasteiger partial charge in [-0.1, -0.05) is 0 Å². The van der Waals surface area contributed by atoms with Crippen molar-refractivity contribution in [3.05, 3.63) is 36.4 Å². The molecule has 0 fully saturated rings. The molecule has 0 aliphatic carbocycles. The van der Waals surface area contributed by atoms with Gasteiger partial charge in [0, 0.05) is 0 Å². The molecular formula is C6H6Na2. The summed E-state index contributed by atoms with van der Waals surface area (Å²) in [6.45, 7) is 0. The van der Waals surface area contributed by atoms with Gasteiger partial charge in [-0.05, 0) is 0 Å². The van der Waals surface area contributed by atoms with E-state index in [1.807, 2.05) is 30.3 Å². The first-order chi connectivity index (χ1) is 3.00. The third kappa shape index (κ3) is 5.36. The van der Waals surface area contributed by atoms with Crippen molar-refractivity contribution in [1.29, 1.82) is 0 Å². The van der Waals surface area contributed by atoms with Crippen molar-refractivity contribution in [2.24, 2.45) is 0 Å². The molecule has 1 aromatic rings. The second-order valence-electron chi connectivity index (χ2n) is 1.08. The van der Waals surface area contributed by atoms with Crippen LogP contribution in [0.15, 0.2) is 30.3 Å². The van der Waals surface area contributed by atoms with Crippen molar-refractivity contribution in [1.82, 2.24) is 0 Å². The smallest absolute Gasteiger partial charge is 1.00 e. The van der Waals surface area contributed by atoms with Crippen LogP contribution in [0.25, 0.3) is 0 Å². The molecule has 0 saturated carbocycles. The molecule has 0 heterocycles. The molecule has 1 aromatic carbocycles. The van der Waals surface area contributed by atoms with E-state index in [1.165, 1.54) is 0 Å². The first kappa shape index (κ1) is 12.0. The molecule has 0 aliphatic rings. The van der Waals surface area contributed by atoms with E-state index in [9.17, 15) is 0 Å². The Balaban J connectivity index is -0.000000120. The summed E-state index contributed by atoms with van der Waals surface area (Å²) < 4.78 is 0. The Hall–Kier alpha value is 1.22. The summed E-state index contributed by atoms with van der Waals surface area (Å²) in [6.07, 6.45) is 0. The largest absolute Gasteiger partial charge is 1.00 e. The Kier molecular flexibility index (Phi) is 12.3. The molecule has 0 aliphatic heterocycles. The SMILES string of the molecule is [H-].[Na+].[Na+].[c-]1ccccc1. The minimum atomic E-state index is 0. The van der Waals surface area contributed by atoms with E-state index in [1.54, 1.807) is 0 Å². The fraction of sp³-hybridized carbons (Fsp3) is 0. The summed E-state index contributed by atoms with van der Waals surface area (Å²) in [5.74, 6) is 0. The molecule has 32 valence electrons. The normalized spacial score (nSPS) is 6.00. The number of hydrogen-bond donors (Lipinski definition) is 0. The average Bonchev–Trinajstić information content (AvgIpc) is 1.72. The van der Waals surface area contributed by atoms with Crippen molar-refractivity contribution < 1.29 is 60.5 Å². The van der Waals surface area contributed by atoms with Crippen LogP contribution in [-0.4, -0.2) is 0 Å². The van der Waals surface area contributed by atoms with Crippen LogP contribution in [0.1, 0.15) is 1.43 Å². The molecule has 0 aromatic heterocycles. The summed E-state index contributed by atoms with van der Waals surface area (Å²) in [6, 6.07) is 12.5. The topological polar surface area (TPSA) is 0 Å². The van der Waals surface area contributed by atoms with Crippen LogP contribution in [0.4, 0.5) is 0 Å². The van der Waals surface area contributed by atoms with Gasteiger partial charge in [-0.2, -0.15) is 36.4 Å². The van der Waals surface area contributed by atoms with Gasteiger partial charge in [0.2, 0.25) is 0 Å². The zero-order valence-electron chi connectivity index (χ0n) is 6.39. The van der Waals surface area contributed by atoms with E-state index in [4.69, 9.17) is 0 Å². The molecule has 8 heavy (non-hydrogen) atoms. The van der Waals surface area contributed by atoms with Crippen molar-refractivity contribution in [2.45, 2.75) is 0 Å². The monoisotopic (exact) mass is 124 g/mol. The van der Waals surface area contributed by atoms with Gasteiger partial charge in [-0.25, -0.2) is 0 Å². The molecule has 0 N–H and O–H groups in total. The van der Waals surface area contributed by atoms with Gasteiger partial charge in [0.25, 0.3) is 0 Å². The quantitative estimate of drug-likeness (QED) is 0.242. The second kappa shape index (κ2) is 8.22. The zero-order chi connectivity index (χ0) is 4.24. The zero-order valence-corrected chi connectivity index (χ0v) is 9.39. The summed E-state index contributed by atoms with van der Waals surface area (Å²) in [5, 5.41) is 0. The maximum Gasteiger partial charge on any atom is 1.00 e. The van der Waals surface area contributed by atoms with Crippen LogP contribution in [-0.2, 0) is 0 Å². The van der Waals surface area contributed by atoms with Crippen molar-refractivity contribution >= 4 is 0 Å². The predicted octanol–water partition coefficient (Wildman–Crippen LogP) is -4.39. The first-order valence-corrected chi connectivity index (χ1v) is 1.91. The minimum absolute atomic E-state index is 0. The van der Waals surface area contributed by atoms with Crippen molar-refractivity contribution in [3.63, 3.8) is 0 Å². The molecule has 0 nitrogen and oxygen atoms in total. The van der Waals surface area contributed by atoms with Gasteiger partial charge in [0.15, 0.2) is 0 Å². The van der Waals surface area contributed by atoms with Gasteiger partial charge < -0.3 is 1.43 Å². The summed E-state index contributed by atoms with van der Waals surface area (Å²) in [7, 11) is 0. The van der Waals surface area contributed by atoms with Crippen LogP contribution < -0.4 is 59.1 Å². The van der Waals surface area contributed by atoms with Gasteiger partial charge >= 0.3 is 59.1 Å².